The molecule has 0 aromatic heterocycles. The molecule has 0 aliphatic heterocycles. The minimum Gasteiger partial charge on any atom is -0.478 e. The standard InChI is InChI=1S/2C4H6O2.2C3H6.2C2H6O2.9C2H4/c2*1-3(2)4(5)6;2*1-3-2;2*3-1-2-4;9*1-2/h2*1H2,2H3,(H,5,6);2*3H,1H2,2H3;2*3-4H,1-2H2;9*1-2H2. The Hall–Kier alpha value is -4.60. The van der Waals surface area contributed by atoms with Crippen molar-refractivity contribution in [1.29, 1.82) is 0 Å². The maximum atomic E-state index is 9.60. The molecule has 0 spiro atoms. The van der Waals surface area contributed by atoms with Crippen LogP contribution in [0.4, 0.5) is 0 Å². The Kier molecular flexibility index (Phi) is 663. The van der Waals surface area contributed by atoms with Crippen molar-refractivity contribution in [3.05, 3.63) is 168 Å². The Morgan fingerprint density at radius 2 is 0.477 bits per heavy atom. The first-order chi connectivity index (χ1) is 20.9. The minimum absolute atomic E-state index is 0.125. The molecule has 0 rings (SSSR count). The van der Waals surface area contributed by atoms with Gasteiger partial charge in [-0.25, -0.2) is 9.59 Å². The Morgan fingerprint density at radius 3 is 0.477 bits per heavy atom. The number of aliphatic hydroxyl groups excluding tert-OH is 4. The van der Waals surface area contributed by atoms with Gasteiger partial charge in [0.15, 0.2) is 0 Å². The third kappa shape index (κ3) is 1700. The van der Waals surface area contributed by atoms with E-state index in [1.54, 1.807) is 12.2 Å². The molecule has 44 heavy (non-hydrogen) atoms. The molecule has 264 valence electrons. The lowest BCUT2D eigenvalue weighted by molar-refractivity contribution is -0.133. The van der Waals surface area contributed by atoms with Crippen molar-refractivity contribution in [1.82, 2.24) is 0 Å². The average molecular weight is 633 g/mol. The molecule has 0 heterocycles. The lowest BCUT2D eigenvalue weighted by Gasteiger charge is -1.79. The van der Waals surface area contributed by atoms with Gasteiger partial charge < -0.3 is 30.6 Å². The van der Waals surface area contributed by atoms with Gasteiger partial charge in [-0.1, -0.05) is 25.3 Å². The SMILES string of the molecule is C=C.C=C.C=C.C=C.C=C.C=C.C=C.C=C.C=C.C=C(C)C(=O)O.C=C(C)C(=O)O.C=CC.C=CC.OCCO.OCCO. The van der Waals surface area contributed by atoms with Crippen LogP contribution in [0.2, 0.25) is 0 Å². The van der Waals surface area contributed by atoms with Crippen LogP contribution in [-0.4, -0.2) is 69.0 Å². The second kappa shape index (κ2) is 299. The van der Waals surface area contributed by atoms with Gasteiger partial charge in [-0.15, -0.1) is 132 Å². The van der Waals surface area contributed by atoms with Crippen LogP contribution in [0.5, 0.6) is 0 Å². The number of carboxylic acids is 2. The van der Waals surface area contributed by atoms with Crippen molar-refractivity contribution in [2.75, 3.05) is 26.4 Å². The molecular formula is C36H72O8. The van der Waals surface area contributed by atoms with Crippen LogP contribution in [0, 0.1) is 0 Å². The van der Waals surface area contributed by atoms with E-state index in [1.807, 2.05) is 13.8 Å². The zero-order chi connectivity index (χ0) is 40.6. The Morgan fingerprint density at radius 1 is 0.432 bits per heavy atom. The Bertz CT molecular complexity index is 386. The monoisotopic (exact) mass is 633 g/mol. The van der Waals surface area contributed by atoms with Crippen LogP contribution in [0.1, 0.15) is 27.7 Å². The number of carboxylic acid groups (broad SMARTS) is 2. The van der Waals surface area contributed by atoms with Crippen LogP contribution in [-0.2, 0) is 9.59 Å². The van der Waals surface area contributed by atoms with E-state index < -0.39 is 11.9 Å². The number of carbonyl (C=O) groups is 2. The number of aliphatic carboxylic acids is 2. The quantitative estimate of drug-likeness (QED) is 0.133. The summed E-state index contributed by atoms with van der Waals surface area (Å²) in [6.45, 7) is 73.2. The lowest BCUT2D eigenvalue weighted by Crippen LogP contribution is -1.92. The van der Waals surface area contributed by atoms with Crippen LogP contribution in [0.25, 0.3) is 0 Å². The zero-order valence-corrected chi connectivity index (χ0v) is 29.0. The van der Waals surface area contributed by atoms with Crippen molar-refractivity contribution in [2.24, 2.45) is 0 Å². The molecule has 0 aromatic rings. The summed E-state index contributed by atoms with van der Waals surface area (Å²) in [5.41, 5.74) is 0.352. The molecule has 0 radical (unpaired) electrons. The second-order valence-corrected chi connectivity index (χ2v) is 3.88. The first kappa shape index (κ1) is 97.6. The van der Waals surface area contributed by atoms with Gasteiger partial charge in [-0.05, 0) is 27.7 Å². The zero-order valence-electron chi connectivity index (χ0n) is 29.0. The fraction of sp³-hybridized carbons (Fsp3) is 0.222. The van der Waals surface area contributed by atoms with Gasteiger partial charge in [-0.3, -0.25) is 0 Å². The van der Waals surface area contributed by atoms with E-state index in [0.29, 0.717) is 0 Å². The summed E-state index contributed by atoms with van der Waals surface area (Å²) >= 11 is 0. The summed E-state index contributed by atoms with van der Waals surface area (Å²) in [5, 5.41) is 46.3. The fourth-order valence-electron chi connectivity index (χ4n) is 0. The van der Waals surface area contributed by atoms with E-state index in [2.05, 4.69) is 145 Å². The third-order valence-electron chi connectivity index (χ3n) is 0.930. The fourth-order valence-corrected chi connectivity index (χ4v) is 0. The van der Waals surface area contributed by atoms with Crippen LogP contribution in [0.15, 0.2) is 168 Å². The van der Waals surface area contributed by atoms with Gasteiger partial charge in [0.25, 0.3) is 0 Å². The predicted molar refractivity (Wildman–Crippen MR) is 206 cm³/mol. The molecule has 0 aliphatic rings. The number of aliphatic hydroxyl groups is 4. The minimum atomic E-state index is -0.935. The van der Waals surface area contributed by atoms with Gasteiger partial charge in [0, 0.05) is 11.1 Å². The molecule has 0 saturated carbocycles. The number of hydrogen-bond acceptors (Lipinski definition) is 6. The van der Waals surface area contributed by atoms with Gasteiger partial charge >= 0.3 is 11.9 Å². The van der Waals surface area contributed by atoms with Gasteiger partial charge in [-0.2, -0.15) is 0 Å². The maximum absolute atomic E-state index is 9.60. The maximum Gasteiger partial charge on any atom is 0.330 e. The van der Waals surface area contributed by atoms with E-state index in [-0.39, 0.29) is 37.6 Å². The highest BCUT2D eigenvalue weighted by Gasteiger charge is 1.90. The highest BCUT2D eigenvalue weighted by molar-refractivity contribution is 5.85. The first-order valence-corrected chi connectivity index (χ1v) is 11.8. The topological polar surface area (TPSA) is 156 Å². The van der Waals surface area contributed by atoms with E-state index in [9.17, 15) is 9.59 Å². The van der Waals surface area contributed by atoms with Crippen molar-refractivity contribution in [2.45, 2.75) is 27.7 Å². The van der Waals surface area contributed by atoms with Gasteiger partial charge in [0.2, 0.25) is 0 Å². The highest BCUT2D eigenvalue weighted by Crippen LogP contribution is 1.81. The molecule has 6 N–H and O–H groups in total. The summed E-state index contributed by atoms with van der Waals surface area (Å²) < 4.78 is 0. The Labute approximate surface area is 274 Å². The van der Waals surface area contributed by atoms with E-state index in [0.717, 1.165) is 0 Å². The van der Waals surface area contributed by atoms with E-state index in [4.69, 9.17) is 30.6 Å². The third-order valence-corrected chi connectivity index (χ3v) is 0.930. The molecule has 8 heteroatoms. The molecule has 0 fully saturated rings. The van der Waals surface area contributed by atoms with Gasteiger partial charge in [0.05, 0.1) is 26.4 Å². The number of allylic oxidation sites excluding steroid dienone is 2. The first-order valence-electron chi connectivity index (χ1n) is 11.8. The van der Waals surface area contributed by atoms with Crippen molar-refractivity contribution < 1.29 is 40.2 Å². The molecule has 0 aliphatic carbocycles. The molecule has 0 saturated heterocycles. The van der Waals surface area contributed by atoms with Crippen LogP contribution < -0.4 is 0 Å². The molecule has 0 bridgehead atoms. The second-order valence-electron chi connectivity index (χ2n) is 3.88. The smallest absolute Gasteiger partial charge is 0.330 e. The number of rotatable bonds is 4. The average Bonchev–Trinajstić information content (AvgIpc) is 3.10. The van der Waals surface area contributed by atoms with Crippen LogP contribution in [0.3, 0.4) is 0 Å². The molecular weight excluding hydrogens is 560 g/mol. The Balaban J connectivity index is -0.0000000162. The van der Waals surface area contributed by atoms with Crippen molar-refractivity contribution >= 4 is 11.9 Å². The summed E-state index contributed by atoms with van der Waals surface area (Å²) in [7, 11) is 0. The highest BCUT2D eigenvalue weighted by atomic mass is 16.4. The normalized spacial score (nSPS) is 4.82. The van der Waals surface area contributed by atoms with Crippen LogP contribution >= 0.6 is 0 Å². The summed E-state index contributed by atoms with van der Waals surface area (Å²) in [4.78, 5) is 19.2. The summed E-state index contributed by atoms with van der Waals surface area (Å²) in [6, 6.07) is 0. The van der Waals surface area contributed by atoms with Crippen molar-refractivity contribution in [3.63, 3.8) is 0 Å². The van der Waals surface area contributed by atoms with Crippen molar-refractivity contribution in [3.8, 4) is 0 Å². The molecule has 0 unspecified atom stereocenters. The molecule has 8 nitrogen and oxygen atoms in total. The number of hydrogen-bond donors (Lipinski definition) is 6. The lowest BCUT2D eigenvalue weighted by atomic mass is 10.4. The van der Waals surface area contributed by atoms with E-state index >= 15 is 0 Å². The predicted octanol–water partition coefficient (Wildman–Crippen LogP) is 8.84. The molecule has 0 aromatic carbocycles. The summed E-state index contributed by atoms with van der Waals surface area (Å²) in [5.74, 6) is -1.87. The summed E-state index contributed by atoms with van der Waals surface area (Å²) in [6.07, 6.45) is 3.50. The van der Waals surface area contributed by atoms with E-state index in [1.165, 1.54) is 13.8 Å². The van der Waals surface area contributed by atoms with Gasteiger partial charge in [0.1, 0.15) is 0 Å². The largest absolute Gasteiger partial charge is 0.478 e. The molecule has 0 atom stereocenters. The molecule has 0 amide bonds.